The van der Waals surface area contributed by atoms with Gasteiger partial charge in [-0.15, -0.1) is 23.5 Å². The molecule has 1 aromatic carbocycles. The summed E-state index contributed by atoms with van der Waals surface area (Å²) in [6.45, 7) is 3.75. The first kappa shape index (κ1) is 19.0. The fraction of sp³-hybridized carbons (Fsp3) is 0.529. The number of amides is 2. The number of ether oxygens (including phenoxy) is 1. The van der Waals surface area contributed by atoms with Crippen molar-refractivity contribution in [2.75, 3.05) is 31.7 Å². The zero-order chi connectivity index (χ0) is 17.5. The van der Waals surface area contributed by atoms with Gasteiger partial charge in [-0.3, -0.25) is 9.59 Å². The standard InChI is InChI=1S/C17H24N2O3S2/c1-12(2)18-15(20)10-19(3)16(21)11-22-14-7-5-4-6-13(14)17-23-8-9-24-17/h4-7,12,17H,8-11H2,1-3H3,(H,18,20). The highest BCUT2D eigenvalue weighted by atomic mass is 32.2. The third-order valence-corrected chi connectivity index (χ3v) is 6.47. The molecule has 0 aromatic heterocycles. The molecule has 5 nitrogen and oxygen atoms in total. The minimum Gasteiger partial charge on any atom is -0.483 e. The zero-order valence-electron chi connectivity index (χ0n) is 14.3. The minimum absolute atomic E-state index is 0.0380. The first-order chi connectivity index (χ1) is 11.5. The number of benzene rings is 1. The smallest absolute Gasteiger partial charge is 0.260 e. The molecule has 0 spiro atoms. The Morgan fingerprint density at radius 1 is 1.29 bits per heavy atom. The maximum atomic E-state index is 12.2. The predicted molar refractivity (Wildman–Crippen MR) is 101 cm³/mol. The molecule has 132 valence electrons. The average molecular weight is 369 g/mol. The number of thioether (sulfide) groups is 2. The van der Waals surface area contributed by atoms with Crippen molar-refractivity contribution in [1.82, 2.24) is 10.2 Å². The van der Waals surface area contributed by atoms with Crippen LogP contribution >= 0.6 is 23.5 Å². The van der Waals surface area contributed by atoms with Crippen LogP contribution in [0.15, 0.2) is 24.3 Å². The topological polar surface area (TPSA) is 58.6 Å². The number of nitrogens with zero attached hydrogens (tertiary/aromatic N) is 1. The van der Waals surface area contributed by atoms with Crippen LogP contribution in [0.4, 0.5) is 0 Å². The summed E-state index contributed by atoms with van der Waals surface area (Å²) in [5.74, 6) is 2.64. The first-order valence-corrected chi connectivity index (χ1v) is 10.1. The second kappa shape index (κ2) is 9.22. The molecule has 24 heavy (non-hydrogen) atoms. The number of likely N-dealkylation sites (N-methyl/N-ethyl adjacent to an activating group) is 1. The molecule has 1 aliphatic rings. The zero-order valence-corrected chi connectivity index (χ0v) is 15.9. The summed E-state index contributed by atoms with van der Waals surface area (Å²) in [6.07, 6.45) is 0. The largest absolute Gasteiger partial charge is 0.483 e. The summed E-state index contributed by atoms with van der Waals surface area (Å²) in [4.78, 5) is 25.3. The highest BCUT2D eigenvalue weighted by molar-refractivity contribution is 8.19. The molecule has 1 saturated heterocycles. The van der Waals surface area contributed by atoms with E-state index in [9.17, 15) is 9.59 Å². The number of hydrogen-bond donors (Lipinski definition) is 1. The van der Waals surface area contributed by atoms with Crippen molar-refractivity contribution in [3.8, 4) is 5.75 Å². The first-order valence-electron chi connectivity index (χ1n) is 7.95. The van der Waals surface area contributed by atoms with Crippen LogP contribution in [0.25, 0.3) is 0 Å². The van der Waals surface area contributed by atoms with Gasteiger partial charge in [-0.05, 0) is 19.9 Å². The van der Waals surface area contributed by atoms with Crippen LogP contribution in [-0.2, 0) is 9.59 Å². The van der Waals surface area contributed by atoms with Crippen molar-refractivity contribution in [3.63, 3.8) is 0 Å². The van der Waals surface area contributed by atoms with Crippen molar-refractivity contribution >= 4 is 35.3 Å². The van der Waals surface area contributed by atoms with Crippen LogP contribution in [0.3, 0.4) is 0 Å². The minimum atomic E-state index is -0.213. The molecule has 0 saturated carbocycles. The number of carbonyl (C=O) groups is 2. The Bertz CT molecular complexity index is 575. The van der Waals surface area contributed by atoms with E-state index in [1.165, 1.54) is 4.90 Å². The van der Waals surface area contributed by atoms with E-state index in [1.54, 1.807) is 7.05 Å². The molecule has 0 atom stereocenters. The van der Waals surface area contributed by atoms with Gasteiger partial charge >= 0.3 is 0 Å². The van der Waals surface area contributed by atoms with Gasteiger partial charge in [0.2, 0.25) is 5.91 Å². The van der Waals surface area contributed by atoms with Gasteiger partial charge in [0.25, 0.3) is 5.91 Å². The Labute approximate surface area is 151 Å². The van der Waals surface area contributed by atoms with Gasteiger partial charge in [0.05, 0.1) is 11.1 Å². The van der Waals surface area contributed by atoms with E-state index in [1.807, 2.05) is 55.6 Å². The summed E-state index contributed by atoms with van der Waals surface area (Å²) >= 11 is 3.80. The van der Waals surface area contributed by atoms with Gasteiger partial charge in [-0.1, -0.05) is 18.2 Å². The lowest BCUT2D eigenvalue weighted by Crippen LogP contribution is -2.42. The van der Waals surface area contributed by atoms with Crippen molar-refractivity contribution in [2.45, 2.75) is 24.5 Å². The van der Waals surface area contributed by atoms with Crippen molar-refractivity contribution in [3.05, 3.63) is 29.8 Å². The number of nitrogens with one attached hydrogen (secondary N) is 1. The molecule has 2 amide bonds. The van der Waals surface area contributed by atoms with E-state index in [0.29, 0.717) is 4.58 Å². The molecule has 1 heterocycles. The summed E-state index contributed by atoms with van der Waals surface area (Å²) in [6, 6.07) is 7.91. The van der Waals surface area contributed by atoms with Gasteiger partial charge in [0.1, 0.15) is 5.75 Å². The number of hydrogen-bond acceptors (Lipinski definition) is 5. The Hall–Kier alpha value is -1.34. The molecular weight excluding hydrogens is 344 g/mol. The molecule has 1 aliphatic heterocycles. The molecule has 1 N–H and O–H groups in total. The van der Waals surface area contributed by atoms with E-state index in [-0.39, 0.29) is 31.0 Å². The fourth-order valence-electron chi connectivity index (χ4n) is 2.27. The number of rotatable bonds is 7. The van der Waals surface area contributed by atoms with E-state index in [0.717, 1.165) is 22.8 Å². The molecule has 0 bridgehead atoms. The predicted octanol–water partition coefficient (Wildman–Crippen LogP) is 2.53. The van der Waals surface area contributed by atoms with Crippen molar-refractivity contribution in [1.29, 1.82) is 0 Å². The van der Waals surface area contributed by atoms with E-state index >= 15 is 0 Å². The van der Waals surface area contributed by atoms with Gasteiger partial charge in [-0.25, -0.2) is 0 Å². The highest BCUT2D eigenvalue weighted by Crippen LogP contribution is 2.48. The second-order valence-corrected chi connectivity index (χ2v) is 8.60. The van der Waals surface area contributed by atoms with Gasteiger partial charge in [-0.2, -0.15) is 0 Å². The van der Waals surface area contributed by atoms with Crippen LogP contribution in [0, 0.1) is 0 Å². The van der Waals surface area contributed by atoms with Gasteiger partial charge in [0.15, 0.2) is 6.61 Å². The molecule has 7 heteroatoms. The van der Waals surface area contributed by atoms with Crippen molar-refractivity contribution < 1.29 is 14.3 Å². The molecule has 0 aliphatic carbocycles. The van der Waals surface area contributed by atoms with Crippen LogP contribution in [0.2, 0.25) is 0 Å². The Morgan fingerprint density at radius 2 is 1.96 bits per heavy atom. The van der Waals surface area contributed by atoms with E-state index < -0.39 is 0 Å². The summed E-state index contributed by atoms with van der Waals surface area (Å²) in [5.41, 5.74) is 1.12. The lowest BCUT2D eigenvalue weighted by molar-refractivity contribution is -0.136. The summed E-state index contributed by atoms with van der Waals surface area (Å²) in [5, 5.41) is 2.77. The fourth-order valence-corrected chi connectivity index (χ4v) is 5.17. The molecule has 2 rings (SSSR count). The molecule has 0 radical (unpaired) electrons. The van der Waals surface area contributed by atoms with Gasteiger partial charge < -0.3 is 15.0 Å². The van der Waals surface area contributed by atoms with Gasteiger partial charge in [0, 0.05) is 30.2 Å². The van der Waals surface area contributed by atoms with Crippen LogP contribution in [0.1, 0.15) is 24.0 Å². The highest BCUT2D eigenvalue weighted by Gasteiger charge is 2.22. The van der Waals surface area contributed by atoms with Crippen LogP contribution in [0.5, 0.6) is 5.75 Å². The quantitative estimate of drug-likeness (QED) is 0.801. The number of para-hydroxylation sites is 1. The summed E-state index contributed by atoms with van der Waals surface area (Å²) in [7, 11) is 1.61. The Morgan fingerprint density at radius 3 is 2.62 bits per heavy atom. The monoisotopic (exact) mass is 368 g/mol. The lowest BCUT2D eigenvalue weighted by Gasteiger charge is -2.19. The molecule has 1 aromatic rings. The van der Waals surface area contributed by atoms with Crippen molar-refractivity contribution in [2.24, 2.45) is 0 Å². The third-order valence-electron chi connectivity index (χ3n) is 3.40. The van der Waals surface area contributed by atoms with Crippen LogP contribution < -0.4 is 10.1 Å². The second-order valence-electron chi connectivity index (χ2n) is 5.87. The summed E-state index contributed by atoms with van der Waals surface area (Å²) < 4.78 is 6.11. The van der Waals surface area contributed by atoms with E-state index in [4.69, 9.17) is 4.74 Å². The third kappa shape index (κ3) is 5.63. The number of carbonyl (C=O) groups excluding carboxylic acids is 2. The molecular formula is C17H24N2O3S2. The maximum absolute atomic E-state index is 12.2. The lowest BCUT2D eigenvalue weighted by atomic mass is 10.2. The Balaban J connectivity index is 1.88. The molecule has 1 fully saturated rings. The Kier molecular flexibility index (Phi) is 7.30. The average Bonchev–Trinajstić information content (AvgIpc) is 3.06. The van der Waals surface area contributed by atoms with Crippen LogP contribution in [-0.4, -0.2) is 54.5 Å². The maximum Gasteiger partial charge on any atom is 0.260 e. The van der Waals surface area contributed by atoms with E-state index in [2.05, 4.69) is 11.4 Å². The molecule has 0 unspecified atom stereocenters. The SMILES string of the molecule is CC(C)NC(=O)CN(C)C(=O)COc1ccccc1C1SCCS1. The normalized spacial score (nSPS) is 14.7.